The Kier molecular flexibility index (Phi) is 7.41. The van der Waals surface area contributed by atoms with Crippen molar-refractivity contribution in [3.63, 3.8) is 0 Å². The smallest absolute Gasteiger partial charge is 0.396 e. The lowest BCUT2D eigenvalue weighted by molar-refractivity contribution is 0.193. The summed E-state index contributed by atoms with van der Waals surface area (Å²) < 4.78 is 12.2. The van der Waals surface area contributed by atoms with Gasteiger partial charge in [-0.3, -0.25) is 0 Å². The number of rotatable bonds is 6. The molecule has 0 N–H and O–H groups in total. The van der Waals surface area contributed by atoms with Crippen LogP contribution in [0.5, 0.6) is 0 Å². The van der Waals surface area contributed by atoms with E-state index in [1.807, 2.05) is 13.8 Å². The maximum Gasteiger partial charge on any atom is 0.502 e. The second kappa shape index (κ2) is 6.68. The molecule has 2 nitrogen and oxygen atoms in total. The van der Waals surface area contributed by atoms with E-state index in [-0.39, 0.29) is 0 Å². The van der Waals surface area contributed by atoms with Crippen LogP contribution < -0.4 is 0 Å². The van der Waals surface area contributed by atoms with Crippen LogP contribution in [0.1, 0.15) is 13.8 Å². The Bertz CT molecular complexity index is 87.6. The highest BCUT2D eigenvalue weighted by molar-refractivity contribution is 6.99. The highest BCUT2D eigenvalue weighted by atomic mass is 35.5. The number of hydrogen-bond donors (Lipinski definition) is 0. The fourth-order valence-corrected chi connectivity index (χ4v) is 7.89. The molecule has 0 radical (unpaired) electrons. The quantitative estimate of drug-likeness (QED) is 0.619. The highest BCUT2D eigenvalue weighted by Gasteiger charge is 2.29. The monoisotopic (exact) mass is 206 g/mol. The highest BCUT2D eigenvalue weighted by Crippen LogP contribution is 2.12. The molecule has 0 saturated heterocycles. The Balaban J connectivity index is 3.79. The Labute approximate surface area is 83.3 Å². The predicted molar refractivity (Wildman–Crippen MR) is 51.3 cm³/mol. The van der Waals surface area contributed by atoms with E-state index in [0.717, 1.165) is 17.4 Å². The van der Waals surface area contributed by atoms with Crippen molar-refractivity contribution in [1.29, 1.82) is 0 Å². The molecule has 11 heavy (non-hydrogen) atoms. The molecule has 64 valence electrons. The van der Waals surface area contributed by atoms with E-state index in [9.17, 15) is 0 Å². The van der Waals surface area contributed by atoms with Gasteiger partial charge in [-0.05, 0) is 20.4 Å². The summed E-state index contributed by atoms with van der Waals surface area (Å²) in [4.78, 5) is 0. The number of hydrogen-bond acceptors (Lipinski definition) is 2. The molecule has 5 heteroatoms. The first-order valence-corrected chi connectivity index (χ1v) is 9.68. The lowest BCUT2D eigenvalue weighted by Crippen LogP contribution is -2.39. The molecular weight excluding hydrogens is 192 g/mol. The molecule has 0 fully saturated rings. The third-order valence-corrected chi connectivity index (χ3v) is 9.34. The van der Waals surface area contributed by atoms with Crippen LogP contribution in [0.2, 0.25) is 10.7 Å². The Morgan fingerprint density at radius 2 is 1.73 bits per heavy atom. The molecule has 0 aliphatic carbocycles. The van der Waals surface area contributed by atoms with Crippen LogP contribution in [0.25, 0.3) is 0 Å². The van der Waals surface area contributed by atoms with Crippen LogP contribution >= 0.6 is 9.07 Å². The standard InChI is InChI=1S/C6H15O2Si.ClH.Mg/c1-5-7-9(3,4)8-6-2;;/h3,5-6H2,1-2,4H3;1H;/q;;+1/p-1. The molecule has 0 heterocycles. The van der Waals surface area contributed by atoms with Crippen molar-refractivity contribution in [2.24, 2.45) is 0 Å². The van der Waals surface area contributed by atoms with Gasteiger partial charge in [-0.25, -0.2) is 0 Å². The van der Waals surface area contributed by atoms with Gasteiger partial charge in [0.05, 0.1) is 0 Å². The van der Waals surface area contributed by atoms with Gasteiger partial charge in [0.15, 0.2) is 0 Å². The first kappa shape index (κ1) is 12.2. The predicted octanol–water partition coefficient (Wildman–Crippen LogP) is 1.95. The average molecular weight is 207 g/mol. The average Bonchev–Trinajstić information content (AvgIpc) is 1.88. The van der Waals surface area contributed by atoms with E-state index in [4.69, 9.17) is 17.9 Å². The van der Waals surface area contributed by atoms with Gasteiger partial charge in [-0.15, -0.1) is 0 Å². The van der Waals surface area contributed by atoms with Crippen LogP contribution in [0.4, 0.5) is 0 Å². The molecule has 0 bridgehead atoms. The molecule has 0 saturated carbocycles. The molecule has 0 atom stereocenters. The Morgan fingerprint density at radius 3 is 2.00 bits per heavy atom. The molecular formula is C6H15ClMgO2Si. The second-order valence-electron chi connectivity index (χ2n) is 2.44. The van der Waals surface area contributed by atoms with Crippen molar-refractivity contribution < 1.29 is 8.85 Å². The summed E-state index contributed by atoms with van der Waals surface area (Å²) in [7, 11) is 3.95. The maximum absolute atomic E-state index is 5.77. The van der Waals surface area contributed by atoms with Gasteiger partial charge in [-0.1, -0.05) is 4.17 Å². The third kappa shape index (κ3) is 5.43. The SMILES string of the molecule is CCO[Si](C)([CH2][Mg][Cl])OCC. The van der Waals surface area contributed by atoms with Crippen LogP contribution in [-0.2, 0) is 8.85 Å². The molecule has 0 aromatic rings. The van der Waals surface area contributed by atoms with Crippen LogP contribution in [0, 0.1) is 0 Å². The summed E-state index contributed by atoms with van der Waals surface area (Å²) >= 11 is -0.447. The van der Waals surface area contributed by atoms with Crippen molar-refractivity contribution in [2.75, 3.05) is 13.2 Å². The van der Waals surface area contributed by atoms with Gasteiger partial charge >= 0.3 is 27.8 Å². The summed E-state index contributed by atoms with van der Waals surface area (Å²) in [5.41, 5.74) is 0. The van der Waals surface area contributed by atoms with E-state index < -0.39 is 27.8 Å². The lowest BCUT2D eigenvalue weighted by atomic mass is 10.9. The summed E-state index contributed by atoms with van der Waals surface area (Å²) in [6, 6.07) is 0. The van der Waals surface area contributed by atoms with Crippen molar-refractivity contribution in [3.05, 3.63) is 0 Å². The molecule has 0 unspecified atom stereocenters. The van der Waals surface area contributed by atoms with E-state index >= 15 is 0 Å². The van der Waals surface area contributed by atoms with Gasteiger partial charge in [0.1, 0.15) is 0 Å². The molecule has 0 aromatic heterocycles. The lowest BCUT2D eigenvalue weighted by Gasteiger charge is -2.25. The van der Waals surface area contributed by atoms with E-state index in [0.29, 0.717) is 0 Å². The first-order chi connectivity index (χ1) is 5.18. The third-order valence-electron chi connectivity index (χ3n) is 1.45. The minimum absolute atomic E-state index is 0.447. The Hall–Kier alpha value is 1.19. The molecule has 0 aliphatic rings. The zero-order valence-corrected chi connectivity index (χ0v) is 10.7. The first-order valence-electron chi connectivity index (χ1n) is 4.02. The van der Waals surface area contributed by atoms with Crippen molar-refractivity contribution in [1.82, 2.24) is 0 Å². The van der Waals surface area contributed by atoms with Crippen LogP contribution in [-0.4, -0.2) is 41.0 Å². The Morgan fingerprint density at radius 1 is 1.27 bits per heavy atom. The minimum Gasteiger partial charge on any atom is -0.396 e. The van der Waals surface area contributed by atoms with Crippen molar-refractivity contribution in [2.45, 2.75) is 24.6 Å². The van der Waals surface area contributed by atoms with E-state index in [2.05, 4.69) is 6.55 Å². The normalized spacial score (nSPS) is 11.3. The van der Waals surface area contributed by atoms with E-state index in [1.165, 1.54) is 0 Å². The van der Waals surface area contributed by atoms with Crippen LogP contribution in [0.15, 0.2) is 0 Å². The summed E-state index contributed by atoms with van der Waals surface area (Å²) in [6.45, 7) is 7.58. The van der Waals surface area contributed by atoms with Crippen molar-refractivity contribution >= 4 is 36.9 Å². The largest absolute Gasteiger partial charge is 0.502 e. The molecule has 0 aliphatic heterocycles. The molecule has 0 rings (SSSR count). The summed E-state index contributed by atoms with van der Waals surface area (Å²) in [6.07, 6.45) is 0. The van der Waals surface area contributed by atoms with E-state index in [1.54, 1.807) is 0 Å². The van der Waals surface area contributed by atoms with Gasteiger partial charge in [-0.2, -0.15) is 0 Å². The van der Waals surface area contributed by atoms with Gasteiger partial charge in [0, 0.05) is 13.2 Å². The second-order valence-corrected chi connectivity index (χ2v) is 8.80. The minimum atomic E-state index is -1.82. The molecule has 0 aromatic carbocycles. The maximum atomic E-state index is 5.77. The number of halogens is 1. The summed E-state index contributed by atoms with van der Waals surface area (Å²) in [5, 5.41) is 0. The van der Waals surface area contributed by atoms with Gasteiger partial charge in [0.25, 0.3) is 0 Å². The zero-order chi connectivity index (χ0) is 8.74. The van der Waals surface area contributed by atoms with Gasteiger partial charge < -0.3 is 17.9 Å². The van der Waals surface area contributed by atoms with Gasteiger partial charge in [0.2, 0.25) is 0 Å². The zero-order valence-electron chi connectivity index (χ0n) is 7.52. The summed E-state index contributed by atoms with van der Waals surface area (Å²) in [5.74, 6) is 0. The molecule has 0 spiro atoms. The topological polar surface area (TPSA) is 18.5 Å². The van der Waals surface area contributed by atoms with Crippen molar-refractivity contribution in [3.8, 4) is 0 Å². The fraction of sp³-hybridized carbons (Fsp3) is 1.00. The molecule has 0 amide bonds. The van der Waals surface area contributed by atoms with Crippen LogP contribution in [0.3, 0.4) is 0 Å². The fourth-order valence-electron chi connectivity index (χ4n) is 0.968.